The number of nitrogens with two attached hydrogens (primary N) is 1. The molecule has 2 aromatic rings. The standard InChI is InChI=1S/C12H14BrN3/c1-3-8-6-9-4-5-10(13)7(2)11(9)15-12(8)16-14/h4-6H,3,14H2,1-2H3,(H,15,16). The lowest BCUT2D eigenvalue weighted by Crippen LogP contribution is -2.11. The number of hydrogen-bond donors (Lipinski definition) is 2. The van der Waals surface area contributed by atoms with Crippen molar-refractivity contribution < 1.29 is 0 Å². The molecule has 84 valence electrons. The summed E-state index contributed by atoms with van der Waals surface area (Å²) in [5, 5.41) is 1.15. The Bertz CT molecular complexity index is 537. The molecule has 0 bridgehead atoms. The fraction of sp³-hybridized carbons (Fsp3) is 0.250. The molecule has 0 spiro atoms. The Morgan fingerprint density at radius 3 is 2.81 bits per heavy atom. The van der Waals surface area contributed by atoms with Crippen LogP contribution >= 0.6 is 15.9 Å². The number of nitrogen functional groups attached to an aromatic ring is 1. The highest BCUT2D eigenvalue weighted by Gasteiger charge is 2.07. The van der Waals surface area contributed by atoms with Gasteiger partial charge in [0.2, 0.25) is 0 Å². The van der Waals surface area contributed by atoms with E-state index in [0.717, 1.165) is 38.7 Å². The number of hydrazine groups is 1. The number of halogens is 1. The van der Waals surface area contributed by atoms with Crippen molar-refractivity contribution in [1.29, 1.82) is 0 Å². The number of nitrogens with zero attached hydrogens (tertiary/aromatic N) is 1. The summed E-state index contributed by atoms with van der Waals surface area (Å²) in [4.78, 5) is 4.56. The third-order valence-electron chi connectivity index (χ3n) is 2.77. The summed E-state index contributed by atoms with van der Waals surface area (Å²) >= 11 is 3.51. The lowest BCUT2D eigenvalue weighted by atomic mass is 10.1. The van der Waals surface area contributed by atoms with Crippen LogP contribution < -0.4 is 11.3 Å². The van der Waals surface area contributed by atoms with E-state index in [1.807, 2.05) is 13.0 Å². The summed E-state index contributed by atoms with van der Waals surface area (Å²) in [6.07, 6.45) is 0.914. The third kappa shape index (κ3) is 1.79. The van der Waals surface area contributed by atoms with Gasteiger partial charge in [0.1, 0.15) is 5.82 Å². The maximum Gasteiger partial charge on any atom is 0.143 e. The maximum absolute atomic E-state index is 5.48. The Morgan fingerprint density at radius 1 is 1.44 bits per heavy atom. The highest BCUT2D eigenvalue weighted by atomic mass is 79.9. The van der Waals surface area contributed by atoms with Crippen molar-refractivity contribution in [1.82, 2.24) is 4.98 Å². The van der Waals surface area contributed by atoms with Gasteiger partial charge in [0.25, 0.3) is 0 Å². The average molecular weight is 280 g/mol. The Balaban J connectivity index is 2.78. The molecular weight excluding hydrogens is 266 g/mol. The van der Waals surface area contributed by atoms with Crippen LogP contribution in [0.15, 0.2) is 22.7 Å². The molecule has 1 heterocycles. The molecule has 0 aliphatic heterocycles. The van der Waals surface area contributed by atoms with E-state index in [2.05, 4.69) is 45.4 Å². The maximum atomic E-state index is 5.48. The topological polar surface area (TPSA) is 50.9 Å². The first-order valence-electron chi connectivity index (χ1n) is 5.22. The second-order valence-corrected chi connectivity index (χ2v) is 4.59. The van der Waals surface area contributed by atoms with Gasteiger partial charge in [0.15, 0.2) is 0 Å². The minimum Gasteiger partial charge on any atom is -0.308 e. The van der Waals surface area contributed by atoms with Crippen molar-refractivity contribution in [3.63, 3.8) is 0 Å². The van der Waals surface area contributed by atoms with Crippen LogP contribution in [-0.2, 0) is 6.42 Å². The van der Waals surface area contributed by atoms with Crippen molar-refractivity contribution in [2.24, 2.45) is 5.84 Å². The summed E-state index contributed by atoms with van der Waals surface area (Å²) < 4.78 is 1.07. The fourth-order valence-corrected chi connectivity index (χ4v) is 2.12. The van der Waals surface area contributed by atoms with E-state index in [4.69, 9.17) is 5.84 Å². The number of aryl methyl sites for hydroxylation is 2. The van der Waals surface area contributed by atoms with Crippen LogP contribution in [0, 0.1) is 6.92 Å². The van der Waals surface area contributed by atoms with E-state index < -0.39 is 0 Å². The Labute approximate surface area is 103 Å². The van der Waals surface area contributed by atoms with Gasteiger partial charge >= 0.3 is 0 Å². The van der Waals surface area contributed by atoms with E-state index in [1.54, 1.807) is 0 Å². The van der Waals surface area contributed by atoms with Crippen molar-refractivity contribution in [2.45, 2.75) is 20.3 Å². The lowest BCUT2D eigenvalue weighted by Gasteiger charge is -2.10. The third-order valence-corrected chi connectivity index (χ3v) is 3.63. The Hall–Kier alpha value is -1.13. The molecule has 0 aliphatic rings. The van der Waals surface area contributed by atoms with Crippen LogP contribution in [0.1, 0.15) is 18.1 Å². The predicted molar refractivity (Wildman–Crippen MR) is 71.4 cm³/mol. The van der Waals surface area contributed by atoms with Crippen LogP contribution in [0.4, 0.5) is 5.82 Å². The summed E-state index contributed by atoms with van der Waals surface area (Å²) in [5.74, 6) is 6.24. The quantitative estimate of drug-likeness (QED) is 0.656. The van der Waals surface area contributed by atoms with E-state index in [0.29, 0.717) is 0 Å². The molecule has 2 rings (SSSR count). The molecule has 0 atom stereocenters. The summed E-state index contributed by atoms with van der Waals surface area (Å²) in [6.45, 7) is 4.14. The van der Waals surface area contributed by atoms with Crippen molar-refractivity contribution in [3.8, 4) is 0 Å². The van der Waals surface area contributed by atoms with Gasteiger partial charge in [-0.2, -0.15) is 0 Å². The van der Waals surface area contributed by atoms with Gasteiger partial charge in [-0.25, -0.2) is 10.8 Å². The number of rotatable bonds is 2. The van der Waals surface area contributed by atoms with Gasteiger partial charge in [0, 0.05) is 9.86 Å². The number of fused-ring (bicyclic) bond motifs is 1. The number of benzene rings is 1. The Kier molecular flexibility index (Phi) is 3.12. The lowest BCUT2D eigenvalue weighted by molar-refractivity contribution is 1.10. The minimum atomic E-state index is 0.760. The molecule has 1 aromatic heterocycles. The molecule has 0 aliphatic carbocycles. The first-order valence-corrected chi connectivity index (χ1v) is 6.02. The first kappa shape index (κ1) is 11.4. The monoisotopic (exact) mass is 279 g/mol. The minimum absolute atomic E-state index is 0.760. The van der Waals surface area contributed by atoms with Gasteiger partial charge in [-0.3, -0.25) is 0 Å². The highest BCUT2D eigenvalue weighted by Crippen LogP contribution is 2.27. The van der Waals surface area contributed by atoms with Crippen LogP contribution in [0.5, 0.6) is 0 Å². The number of nitrogens with one attached hydrogen (secondary N) is 1. The number of hydrogen-bond acceptors (Lipinski definition) is 3. The summed E-state index contributed by atoms with van der Waals surface area (Å²) in [7, 11) is 0. The summed E-state index contributed by atoms with van der Waals surface area (Å²) in [5.41, 5.74) is 5.92. The van der Waals surface area contributed by atoms with Gasteiger partial charge < -0.3 is 5.43 Å². The zero-order valence-corrected chi connectivity index (χ0v) is 10.9. The summed E-state index contributed by atoms with van der Waals surface area (Å²) in [6, 6.07) is 6.25. The van der Waals surface area contributed by atoms with Gasteiger partial charge in [-0.15, -0.1) is 0 Å². The molecule has 0 saturated carbocycles. The second kappa shape index (κ2) is 4.39. The van der Waals surface area contributed by atoms with Crippen LogP contribution in [-0.4, -0.2) is 4.98 Å². The predicted octanol–water partition coefficient (Wildman–Crippen LogP) is 3.15. The molecule has 0 amide bonds. The van der Waals surface area contributed by atoms with Crippen LogP contribution in [0.2, 0.25) is 0 Å². The molecular formula is C12H14BrN3. The van der Waals surface area contributed by atoms with Gasteiger partial charge in [-0.1, -0.05) is 28.9 Å². The normalized spacial score (nSPS) is 10.8. The van der Waals surface area contributed by atoms with Gasteiger partial charge in [0.05, 0.1) is 5.52 Å². The van der Waals surface area contributed by atoms with Crippen molar-refractivity contribution in [2.75, 3.05) is 5.43 Å². The number of anilines is 1. The zero-order valence-electron chi connectivity index (χ0n) is 9.34. The highest BCUT2D eigenvalue weighted by molar-refractivity contribution is 9.10. The smallest absolute Gasteiger partial charge is 0.143 e. The molecule has 16 heavy (non-hydrogen) atoms. The molecule has 4 heteroatoms. The fourth-order valence-electron chi connectivity index (χ4n) is 1.80. The van der Waals surface area contributed by atoms with Crippen LogP contribution in [0.25, 0.3) is 10.9 Å². The SMILES string of the molecule is CCc1cc2ccc(Br)c(C)c2nc1NN. The average Bonchev–Trinajstić information content (AvgIpc) is 2.32. The zero-order chi connectivity index (χ0) is 11.7. The van der Waals surface area contributed by atoms with E-state index in [-0.39, 0.29) is 0 Å². The molecule has 3 N–H and O–H groups in total. The van der Waals surface area contributed by atoms with Gasteiger partial charge in [-0.05, 0) is 36.6 Å². The van der Waals surface area contributed by atoms with E-state index in [1.165, 1.54) is 0 Å². The van der Waals surface area contributed by atoms with Crippen molar-refractivity contribution >= 4 is 32.7 Å². The molecule has 0 fully saturated rings. The number of pyridine rings is 1. The second-order valence-electron chi connectivity index (χ2n) is 3.74. The molecule has 1 aromatic carbocycles. The Morgan fingerprint density at radius 2 is 2.19 bits per heavy atom. The first-order chi connectivity index (χ1) is 7.67. The molecule has 0 radical (unpaired) electrons. The van der Waals surface area contributed by atoms with E-state index >= 15 is 0 Å². The molecule has 0 unspecified atom stereocenters. The van der Waals surface area contributed by atoms with E-state index in [9.17, 15) is 0 Å². The molecule has 3 nitrogen and oxygen atoms in total. The number of aromatic nitrogens is 1. The largest absolute Gasteiger partial charge is 0.308 e. The van der Waals surface area contributed by atoms with Crippen molar-refractivity contribution in [3.05, 3.63) is 33.8 Å². The molecule has 0 saturated heterocycles. The van der Waals surface area contributed by atoms with Crippen LogP contribution in [0.3, 0.4) is 0 Å².